The van der Waals surface area contributed by atoms with Gasteiger partial charge >= 0.3 is 0 Å². The van der Waals surface area contributed by atoms with E-state index in [2.05, 4.69) is 6.07 Å². The standard InChI is InChI=1S/C16H16N2O3S/c19-16(12-3-1-4-14(11-12)18(20)21)17(13-6-7-13)9-8-15-5-2-10-22-15/h1-5,10-11,13H,6-9H2. The van der Waals surface area contributed by atoms with Gasteiger partial charge in [0.05, 0.1) is 4.92 Å². The fourth-order valence-electron chi connectivity index (χ4n) is 2.44. The largest absolute Gasteiger partial charge is 0.335 e. The van der Waals surface area contributed by atoms with Crippen LogP contribution in [0.25, 0.3) is 0 Å². The second-order valence-electron chi connectivity index (χ2n) is 5.37. The highest BCUT2D eigenvalue weighted by molar-refractivity contribution is 7.09. The molecule has 0 saturated heterocycles. The van der Waals surface area contributed by atoms with Crippen LogP contribution >= 0.6 is 11.3 Å². The minimum absolute atomic E-state index is 0.0418. The summed E-state index contributed by atoms with van der Waals surface area (Å²) in [6, 6.07) is 10.3. The molecule has 1 aliphatic carbocycles. The van der Waals surface area contributed by atoms with Gasteiger partial charge in [0.25, 0.3) is 11.6 Å². The molecule has 22 heavy (non-hydrogen) atoms. The highest BCUT2D eigenvalue weighted by Crippen LogP contribution is 2.29. The van der Waals surface area contributed by atoms with Crippen molar-refractivity contribution in [3.05, 3.63) is 62.3 Å². The third-order valence-electron chi connectivity index (χ3n) is 3.73. The van der Waals surface area contributed by atoms with Crippen LogP contribution in [0.2, 0.25) is 0 Å². The van der Waals surface area contributed by atoms with Crippen LogP contribution in [0.1, 0.15) is 28.1 Å². The molecular formula is C16H16N2O3S. The molecule has 0 radical (unpaired) electrons. The lowest BCUT2D eigenvalue weighted by Crippen LogP contribution is -2.34. The van der Waals surface area contributed by atoms with Crippen molar-refractivity contribution in [3.8, 4) is 0 Å². The summed E-state index contributed by atoms with van der Waals surface area (Å²) in [5.41, 5.74) is 0.354. The van der Waals surface area contributed by atoms with Crippen LogP contribution in [0, 0.1) is 10.1 Å². The van der Waals surface area contributed by atoms with Crippen LogP contribution in [-0.2, 0) is 6.42 Å². The lowest BCUT2D eigenvalue weighted by atomic mass is 10.1. The van der Waals surface area contributed by atoms with Gasteiger partial charge in [0.15, 0.2) is 0 Å². The van der Waals surface area contributed by atoms with Crippen LogP contribution in [-0.4, -0.2) is 28.3 Å². The first-order chi connectivity index (χ1) is 10.6. The van der Waals surface area contributed by atoms with Crippen molar-refractivity contribution in [2.75, 3.05) is 6.54 Å². The molecule has 5 nitrogen and oxygen atoms in total. The first-order valence-electron chi connectivity index (χ1n) is 7.23. The quantitative estimate of drug-likeness (QED) is 0.605. The molecule has 0 unspecified atom stereocenters. The molecular weight excluding hydrogens is 300 g/mol. The highest BCUT2D eigenvalue weighted by Gasteiger charge is 2.33. The Morgan fingerprint density at radius 1 is 1.32 bits per heavy atom. The maximum absolute atomic E-state index is 12.7. The Hall–Kier alpha value is -2.21. The second-order valence-corrected chi connectivity index (χ2v) is 6.40. The molecule has 2 aromatic rings. The van der Waals surface area contributed by atoms with Gasteiger partial charge < -0.3 is 4.90 Å². The average molecular weight is 316 g/mol. The molecule has 3 rings (SSSR count). The lowest BCUT2D eigenvalue weighted by molar-refractivity contribution is -0.384. The Labute approximate surface area is 132 Å². The summed E-state index contributed by atoms with van der Waals surface area (Å²) in [5.74, 6) is -0.109. The van der Waals surface area contributed by atoms with E-state index in [0.29, 0.717) is 12.1 Å². The van der Waals surface area contributed by atoms with E-state index in [1.165, 1.54) is 17.0 Å². The van der Waals surface area contributed by atoms with Gasteiger partial charge in [0, 0.05) is 35.2 Å². The molecule has 1 amide bonds. The number of hydrogen-bond acceptors (Lipinski definition) is 4. The van der Waals surface area contributed by atoms with E-state index in [1.807, 2.05) is 16.3 Å². The van der Waals surface area contributed by atoms with E-state index in [-0.39, 0.29) is 17.6 Å². The Balaban J connectivity index is 1.74. The Morgan fingerprint density at radius 2 is 2.14 bits per heavy atom. The monoisotopic (exact) mass is 316 g/mol. The fourth-order valence-corrected chi connectivity index (χ4v) is 3.14. The molecule has 1 heterocycles. The van der Waals surface area contributed by atoms with Crippen LogP contribution in [0.15, 0.2) is 41.8 Å². The minimum atomic E-state index is -0.468. The van der Waals surface area contributed by atoms with E-state index < -0.39 is 4.92 Å². The smallest absolute Gasteiger partial charge is 0.270 e. The molecule has 0 aliphatic heterocycles. The first kappa shape index (κ1) is 14.7. The minimum Gasteiger partial charge on any atom is -0.335 e. The zero-order valence-corrected chi connectivity index (χ0v) is 12.8. The topological polar surface area (TPSA) is 63.4 Å². The molecule has 1 aromatic heterocycles. The second kappa shape index (κ2) is 6.27. The van der Waals surface area contributed by atoms with Gasteiger partial charge in [-0.1, -0.05) is 12.1 Å². The van der Waals surface area contributed by atoms with Crippen molar-refractivity contribution >= 4 is 22.9 Å². The number of carbonyl (C=O) groups is 1. The summed E-state index contributed by atoms with van der Waals surface area (Å²) in [4.78, 5) is 26.2. The number of non-ortho nitro benzene ring substituents is 1. The molecule has 114 valence electrons. The van der Waals surface area contributed by atoms with Gasteiger partial charge in [-0.3, -0.25) is 14.9 Å². The summed E-state index contributed by atoms with van der Waals surface area (Å²) >= 11 is 1.68. The van der Waals surface area contributed by atoms with E-state index in [0.717, 1.165) is 19.3 Å². The Kier molecular flexibility index (Phi) is 4.20. The molecule has 0 bridgehead atoms. The average Bonchev–Trinajstić information content (AvgIpc) is 3.22. The predicted octanol–water partition coefficient (Wildman–Crippen LogP) is 3.50. The molecule has 1 fully saturated rings. The van der Waals surface area contributed by atoms with E-state index in [1.54, 1.807) is 23.5 Å². The Morgan fingerprint density at radius 3 is 2.77 bits per heavy atom. The summed E-state index contributed by atoms with van der Waals surface area (Å²) in [6.45, 7) is 0.659. The van der Waals surface area contributed by atoms with Crippen molar-refractivity contribution in [2.45, 2.75) is 25.3 Å². The van der Waals surface area contributed by atoms with Crippen molar-refractivity contribution in [1.29, 1.82) is 0 Å². The van der Waals surface area contributed by atoms with Gasteiger partial charge in [-0.2, -0.15) is 0 Å². The number of rotatable bonds is 6. The van der Waals surface area contributed by atoms with Gasteiger partial charge in [-0.25, -0.2) is 0 Å². The van der Waals surface area contributed by atoms with E-state index >= 15 is 0 Å². The number of amides is 1. The number of nitrogens with zero attached hydrogens (tertiary/aromatic N) is 2. The lowest BCUT2D eigenvalue weighted by Gasteiger charge is -2.22. The summed E-state index contributed by atoms with van der Waals surface area (Å²) < 4.78 is 0. The maximum atomic E-state index is 12.7. The maximum Gasteiger partial charge on any atom is 0.270 e. The van der Waals surface area contributed by atoms with Crippen molar-refractivity contribution < 1.29 is 9.72 Å². The van der Waals surface area contributed by atoms with Gasteiger partial charge in [0.1, 0.15) is 0 Å². The number of carbonyl (C=O) groups excluding carboxylic acids is 1. The predicted molar refractivity (Wildman–Crippen MR) is 85.2 cm³/mol. The number of benzene rings is 1. The number of nitro groups is 1. The van der Waals surface area contributed by atoms with Gasteiger partial charge in [-0.15, -0.1) is 11.3 Å². The molecule has 1 aliphatic rings. The van der Waals surface area contributed by atoms with Gasteiger partial charge in [0.2, 0.25) is 0 Å². The highest BCUT2D eigenvalue weighted by atomic mass is 32.1. The molecule has 6 heteroatoms. The zero-order chi connectivity index (χ0) is 15.5. The SMILES string of the molecule is O=C(c1cccc([N+](=O)[O-])c1)N(CCc1cccs1)C1CC1. The molecule has 1 saturated carbocycles. The first-order valence-corrected chi connectivity index (χ1v) is 8.11. The molecule has 0 spiro atoms. The van der Waals surface area contributed by atoms with Crippen LogP contribution in [0.5, 0.6) is 0 Å². The van der Waals surface area contributed by atoms with Crippen molar-refractivity contribution in [3.63, 3.8) is 0 Å². The van der Waals surface area contributed by atoms with Gasteiger partial charge in [-0.05, 0) is 36.8 Å². The van der Waals surface area contributed by atoms with Crippen LogP contribution in [0.3, 0.4) is 0 Å². The number of nitro benzene ring substituents is 1. The van der Waals surface area contributed by atoms with E-state index in [9.17, 15) is 14.9 Å². The molecule has 0 N–H and O–H groups in total. The van der Waals surface area contributed by atoms with Crippen molar-refractivity contribution in [2.24, 2.45) is 0 Å². The summed E-state index contributed by atoms with van der Waals surface area (Å²) in [7, 11) is 0. The van der Waals surface area contributed by atoms with E-state index in [4.69, 9.17) is 0 Å². The molecule has 0 atom stereocenters. The Bertz CT molecular complexity index is 680. The summed E-state index contributed by atoms with van der Waals surface area (Å²) in [5, 5.41) is 12.9. The number of hydrogen-bond donors (Lipinski definition) is 0. The molecule has 1 aromatic carbocycles. The third kappa shape index (κ3) is 3.33. The zero-order valence-electron chi connectivity index (χ0n) is 12.0. The van der Waals surface area contributed by atoms with Crippen LogP contribution in [0.4, 0.5) is 5.69 Å². The number of thiophene rings is 1. The normalized spacial score (nSPS) is 13.8. The van der Waals surface area contributed by atoms with Crippen molar-refractivity contribution in [1.82, 2.24) is 4.90 Å². The third-order valence-corrected chi connectivity index (χ3v) is 4.67. The van der Waals surface area contributed by atoms with Crippen LogP contribution < -0.4 is 0 Å². The summed E-state index contributed by atoms with van der Waals surface area (Å²) in [6.07, 6.45) is 2.87. The fraction of sp³-hybridized carbons (Fsp3) is 0.312.